The quantitative estimate of drug-likeness (QED) is 0.464. The zero-order chi connectivity index (χ0) is 19.7. The summed E-state index contributed by atoms with van der Waals surface area (Å²) in [4.78, 5) is 27.4. The van der Waals surface area contributed by atoms with Crippen LogP contribution in [0.4, 0.5) is 5.69 Å². The van der Waals surface area contributed by atoms with Gasteiger partial charge in [0, 0.05) is 31.9 Å². The molecule has 1 aromatic rings. The Morgan fingerprint density at radius 2 is 2.07 bits per heavy atom. The van der Waals surface area contributed by atoms with E-state index in [1.165, 1.54) is 12.1 Å². The van der Waals surface area contributed by atoms with Gasteiger partial charge in [-0.1, -0.05) is 17.7 Å². The summed E-state index contributed by atoms with van der Waals surface area (Å²) in [5, 5.41) is 14.9. The van der Waals surface area contributed by atoms with Gasteiger partial charge in [-0.05, 0) is 30.8 Å². The number of halogens is 1. The first-order valence-corrected chi connectivity index (χ1v) is 9.15. The number of allylic oxidation sites excluding steroid dienone is 1. The highest BCUT2D eigenvalue weighted by atomic mass is 35.5. The molecule has 3 rings (SSSR count). The van der Waals surface area contributed by atoms with Crippen molar-refractivity contribution >= 4 is 40.5 Å². The Bertz CT molecular complexity index is 838. The SMILES string of the molecule is CC1=C(C(=O)N2CCOCC2)C(c2ccc(Cl)c([N+](=O)[O-])c2)NC(=S)N1C. The number of nitrogens with zero attached hydrogens (tertiary/aromatic N) is 3. The lowest BCUT2D eigenvalue weighted by molar-refractivity contribution is -0.384. The monoisotopic (exact) mass is 410 g/mol. The molecular weight excluding hydrogens is 392 g/mol. The first-order chi connectivity index (χ1) is 12.8. The third kappa shape index (κ3) is 3.76. The Kier molecular flexibility index (Phi) is 5.64. The van der Waals surface area contributed by atoms with Gasteiger partial charge in [0.25, 0.3) is 11.6 Å². The van der Waals surface area contributed by atoms with E-state index >= 15 is 0 Å². The lowest BCUT2D eigenvalue weighted by Crippen LogP contribution is -2.50. The third-order valence-electron chi connectivity index (χ3n) is 4.78. The second kappa shape index (κ2) is 7.79. The van der Waals surface area contributed by atoms with E-state index in [4.69, 9.17) is 28.6 Å². The van der Waals surface area contributed by atoms with E-state index in [0.717, 1.165) is 0 Å². The maximum atomic E-state index is 13.2. The minimum Gasteiger partial charge on any atom is -0.378 e. The van der Waals surface area contributed by atoms with Gasteiger partial charge in [-0.15, -0.1) is 0 Å². The van der Waals surface area contributed by atoms with Crippen molar-refractivity contribution in [1.29, 1.82) is 0 Å². The van der Waals surface area contributed by atoms with E-state index in [1.807, 2.05) is 6.92 Å². The maximum Gasteiger partial charge on any atom is 0.288 e. The summed E-state index contributed by atoms with van der Waals surface area (Å²) in [6.07, 6.45) is 0. The first kappa shape index (κ1) is 19.5. The number of nitrogens with one attached hydrogen (secondary N) is 1. The van der Waals surface area contributed by atoms with Crippen LogP contribution in [0.25, 0.3) is 0 Å². The molecule has 1 N–H and O–H groups in total. The molecule has 1 aromatic carbocycles. The normalized spacial score (nSPS) is 20.6. The van der Waals surface area contributed by atoms with Crippen LogP contribution in [0.1, 0.15) is 18.5 Å². The van der Waals surface area contributed by atoms with Crippen LogP contribution in [0.2, 0.25) is 5.02 Å². The second-order valence-corrected chi connectivity index (χ2v) is 7.11. The molecule has 27 heavy (non-hydrogen) atoms. The van der Waals surface area contributed by atoms with Crippen LogP contribution in [0, 0.1) is 10.1 Å². The molecule has 2 heterocycles. The fourth-order valence-corrected chi connectivity index (χ4v) is 3.59. The molecule has 0 radical (unpaired) electrons. The maximum absolute atomic E-state index is 13.2. The molecule has 2 aliphatic rings. The molecule has 1 fully saturated rings. The fraction of sp³-hybridized carbons (Fsp3) is 0.412. The van der Waals surface area contributed by atoms with Crippen LogP contribution < -0.4 is 5.32 Å². The molecule has 1 unspecified atom stereocenters. The van der Waals surface area contributed by atoms with Crippen LogP contribution in [-0.4, -0.2) is 59.1 Å². The van der Waals surface area contributed by atoms with E-state index in [-0.39, 0.29) is 16.6 Å². The summed E-state index contributed by atoms with van der Waals surface area (Å²) in [5.74, 6) is -0.139. The number of benzene rings is 1. The number of nitro groups is 1. The molecule has 1 amide bonds. The van der Waals surface area contributed by atoms with E-state index < -0.39 is 11.0 Å². The van der Waals surface area contributed by atoms with E-state index in [0.29, 0.717) is 48.2 Å². The van der Waals surface area contributed by atoms with Crippen LogP contribution in [0.15, 0.2) is 29.5 Å². The average Bonchev–Trinajstić information content (AvgIpc) is 2.66. The van der Waals surface area contributed by atoms with Crippen LogP contribution in [0.5, 0.6) is 0 Å². The van der Waals surface area contributed by atoms with E-state index in [1.54, 1.807) is 22.9 Å². The molecule has 0 aliphatic carbocycles. The number of rotatable bonds is 3. The molecule has 144 valence electrons. The summed E-state index contributed by atoms with van der Waals surface area (Å²) in [5.41, 5.74) is 1.55. The van der Waals surface area contributed by atoms with Crippen molar-refractivity contribution in [3.8, 4) is 0 Å². The summed E-state index contributed by atoms with van der Waals surface area (Å²) >= 11 is 11.3. The smallest absolute Gasteiger partial charge is 0.288 e. The highest BCUT2D eigenvalue weighted by Gasteiger charge is 2.35. The van der Waals surface area contributed by atoms with Gasteiger partial charge in [0.1, 0.15) is 5.02 Å². The number of carbonyl (C=O) groups excluding carboxylic acids is 1. The van der Waals surface area contributed by atoms with Crippen LogP contribution in [0.3, 0.4) is 0 Å². The van der Waals surface area contributed by atoms with Gasteiger partial charge in [-0.25, -0.2) is 0 Å². The number of morpholine rings is 1. The molecule has 0 saturated carbocycles. The minimum absolute atomic E-state index is 0.0426. The predicted octanol–water partition coefficient (Wildman–Crippen LogP) is 2.24. The van der Waals surface area contributed by atoms with Gasteiger partial charge in [0.15, 0.2) is 5.11 Å². The number of amides is 1. The van der Waals surface area contributed by atoms with Crippen molar-refractivity contribution < 1.29 is 14.5 Å². The second-order valence-electron chi connectivity index (χ2n) is 6.31. The van der Waals surface area contributed by atoms with Crippen molar-refractivity contribution in [3.05, 3.63) is 50.2 Å². The predicted molar refractivity (Wildman–Crippen MR) is 104 cm³/mol. The zero-order valence-electron chi connectivity index (χ0n) is 14.9. The number of hydrogen-bond acceptors (Lipinski definition) is 5. The molecule has 1 atom stereocenters. The summed E-state index contributed by atoms with van der Waals surface area (Å²) < 4.78 is 5.32. The fourth-order valence-electron chi connectivity index (χ4n) is 3.15. The first-order valence-electron chi connectivity index (χ1n) is 8.37. The Morgan fingerprint density at radius 3 is 2.70 bits per heavy atom. The summed E-state index contributed by atoms with van der Waals surface area (Å²) in [6, 6.07) is 3.92. The van der Waals surface area contributed by atoms with Gasteiger partial charge < -0.3 is 19.9 Å². The number of thiocarbonyl (C=S) groups is 1. The van der Waals surface area contributed by atoms with Crippen molar-refractivity contribution in [1.82, 2.24) is 15.1 Å². The van der Waals surface area contributed by atoms with Gasteiger partial charge in [-0.3, -0.25) is 14.9 Å². The van der Waals surface area contributed by atoms with Crippen LogP contribution >= 0.6 is 23.8 Å². The molecule has 0 spiro atoms. The van der Waals surface area contributed by atoms with Gasteiger partial charge in [-0.2, -0.15) is 0 Å². The highest BCUT2D eigenvalue weighted by molar-refractivity contribution is 7.80. The van der Waals surface area contributed by atoms with Crippen molar-refractivity contribution in [3.63, 3.8) is 0 Å². The lowest BCUT2D eigenvalue weighted by atomic mass is 9.93. The van der Waals surface area contributed by atoms with Crippen molar-refractivity contribution in [2.45, 2.75) is 13.0 Å². The van der Waals surface area contributed by atoms with Gasteiger partial charge in [0.05, 0.1) is 29.8 Å². The summed E-state index contributed by atoms with van der Waals surface area (Å²) in [6.45, 7) is 3.78. The average molecular weight is 411 g/mol. The number of carbonyl (C=O) groups is 1. The number of ether oxygens (including phenoxy) is 1. The molecular formula is C17H19ClN4O4S. The Morgan fingerprint density at radius 1 is 1.41 bits per heavy atom. The zero-order valence-corrected chi connectivity index (χ0v) is 16.5. The lowest BCUT2D eigenvalue weighted by Gasteiger charge is -2.38. The van der Waals surface area contributed by atoms with Crippen molar-refractivity contribution in [2.24, 2.45) is 0 Å². The van der Waals surface area contributed by atoms with Gasteiger partial charge in [0.2, 0.25) is 0 Å². The van der Waals surface area contributed by atoms with Crippen molar-refractivity contribution in [2.75, 3.05) is 33.4 Å². The minimum atomic E-state index is -0.597. The number of hydrogen-bond donors (Lipinski definition) is 1. The Balaban J connectivity index is 2.06. The molecule has 10 heteroatoms. The topological polar surface area (TPSA) is 88.0 Å². The number of nitro benzene ring substituents is 1. The molecule has 0 bridgehead atoms. The molecule has 8 nitrogen and oxygen atoms in total. The van der Waals surface area contributed by atoms with E-state index in [9.17, 15) is 14.9 Å². The molecule has 0 aromatic heterocycles. The highest BCUT2D eigenvalue weighted by Crippen LogP contribution is 2.35. The Hall–Kier alpha value is -2.23. The standard InChI is InChI=1S/C17H19ClN4O4S/c1-10-14(16(23)21-5-7-26-8-6-21)15(19-17(27)20(10)2)11-3-4-12(18)13(9-11)22(24)25/h3-4,9,15H,5-8H2,1-2H3,(H,19,27). The molecule has 2 aliphatic heterocycles. The largest absolute Gasteiger partial charge is 0.378 e. The third-order valence-corrected chi connectivity index (χ3v) is 5.49. The van der Waals surface area contributed by atoms with Crippen LogP contribution in [-0.2, 0) is 9.53 Å². The Labute approximate surface area is 166 Å². The van der Waals surface area contributed by atoms with Gasteiger partial charge >= 0.3 is 0 Å². The molecule has 1 saturated heterocycles. The summed E-state index contributed by atoms with van der Waals surface area (Å²) in [7, 11) is 1.78. The van der Waals surface area contributed by atoms with E-state index in [2.05, 4.69) is 5.32 Å².